The predicted molar refractivity (Wildman–Crippen MR) is 301 cm³/mol. The molecule has 0 bridgehead atoms. The first-order valence-corrected chi connectivity index (χ1v) is 30.4. The molecule has 0 rings (SSSR count). The van der Waals surface area contributed by atoms with Gasteiger partial charge in [-0.15, -0.1) is 0 Å². The van der Waals surface area contributed by atoms with Crippen molar-refractivity contribution >= 4 is 11.9 Å². The first-order valence-electron chi connectivity index (χ1n) is 30.4. The molecule has 0 heterocycles. The number of esters is 1. The zero-order chi connectivity index (χ0) is 50.0. The molecule has 69 heavy (non-hydrogen) atoms. The summed E-state index contributed by atoms with van der Waals surface area (Å²) in [5.41, 5.74) is 0. The number of hydrogen-bond donors (Lipinski definition) is 3. The molecule has 0 spiro atoms. The highest BCUT2D eigenvalue weighted by Crippen LogP contribution is 2.16. The lowest BCUT2D eigenvalue weighted by Crippen LogP contribution is -2.45. The number of nitrogens with one attached hydrogen (secondary N) is 1. The Morgan fingerprint density at radius 3 is 1.14 bits per heavy atom. The summed E-state index contributed by atoms with van der Waals surface area (Å²) in [6, 6.07) is -0.633. The molecule has 2 atom stereocenters. The molecule has 0 aliphatic carbocycles. The van der Waals surface area contributed by atoms with E-state index in [1.165, 1.54) is 238 Å². The van der Waals surface area contributed by atoms with Gasteiger partial charge in [0.2, 0.25) is 5.91 Å². The Morgan fingerprint density at radius 1 is 0.406 bits per heavy atom. The smallest absolute Gasteiger partial charge is 0.305 e. The van der Waals surface area contributed by atoms with Crippen LogP contribution in [0.4, 0.5) is 0 Å². The highest BCUT2D eigenvalue weighted by molar-refractivity contribution is 5.76. The zero-order valence-corrected chi connectivity index (χ0v) is 46.0. The van der Waals surface area contributed by atoms with Crippen molar-refractivity contribution in [3.8, 4) is 0 Å². The summed E-state index contributed by atoms with van der Waals surface area (Å²) in [7, 11) is 0. The maximum atomic E-state index is 12.5. The van der Waals surface area contributed by atoms with E-state index in [1.54, 1.807) is 6.08 Å². The van der Waals surface area contributed by atoms with Gasteiger partial charge in [0.05, 0.1) is 25.4 Å². The van der Waals surface area contributed by atoms with Crippen LogP contribution in [0.2, 0.25) is 0 Å². The Bertz CT molecular complexity index is 1160. The average Bonchev–Trinajstić information content (AvgIpc) is 3.35. The number of aliphatic hydroxyl groups is 2. The summed E-state index contributed by atoms with van der Waals surface area (Å²) in [6.07, 6.45) is 74.3. The van der Waals surface area contributed by atoms with Gasteiger partial charge in [-0.05, 0) is 89.9 Å². The van der Waals surface area contributed by atoms with Crippen LogP contribution in [-0.2, 0) is 14.3 Å². The minimum Gasteiger partial charge on any atom is -0.466 e. The van der Waals surface area contributed by atoms with Gasteiger partial charge in [0.1, 0.15) is 0 Å². The molecule has 0 fully saturated rings. The van der Waals surface area contributed by atoms with E-state index < -0.39 is 12.1 Å². The summed E-state index contributed by atoms with van der Waals surface area (Å²) in [4.78, 5) is 24.5. The van der Waals surface area contributed by atoms with Gasteiger partial charge >= 0.3 is 5.97 Å². The van der Waals surface area contributed by atoms with E-state index in [4.69, 9.17) is 4.74 Å². The molecule has 1 amide bonds. The van der Waals surface area contributed by atoms with Crippen molar-refractivity contribution in [3.63, 3.8) is 0 Å². The second-order valence-electron chi connectivity index (χ2n) is 20.7. The van der Waals surface area contributed by atoms with Gasteiger partial charge in [-0.25, -0.2) is 0 Å². The maximum Gasteiger partial charge on any atom is 0.305 e. The van der Waals surface area contributed by atoms with Crippen LogP contribution in [0.25, 0.3) is 0 Å². The largest absolute Gasteiger partial charge is 0.466 e. The third-order valence-electron chi connectivity index (χ3n) is 13.8. The van der Waals surface area contributed by atoms with Crippen molar-refractivity contribution in [3.05, 3.63) is 48.6 Å². The number of hydrogen-bond acceptors (Lipinski definition) is 5. The first kappa shape index (κ1) is 66.8. The van der Waals surface area contributed by atoms with E-state index in [9.17, 15) is 19.8 Å². The standard InChI is InChI=1S/C63H117NO5/c1-3-5-7-9-11-13-15-17-29-32-35-39-43-47-51-55-61(66)60(59-65)64-62(67)56-52-48-44-40-36-33-30-27-25-23-21-19-18-20-22-24-26-28-31-34-38-42-46-50-54-58-69-63(68)57-53-49-45-41-37-16-14-12-10-8-6-4-2/h12,14,19-22,51,55,60-61,65-66H,3-11,13,15-18,23-50,52-54,56-59H2,1-2H3,(H,64,67)/b14-12-,21-19-,22-20-,55-51+. The molecule has 404 valence electrons. The van der Waals surface area contributed by atoms with Gasteiger partial charge in [0, 0.05) is 12.8 Å². The Kier molecular flexibility index (Phi) is 56.5. The maximum absolute atomic E-state index is 12.5. The van der Waals surface area contributed by atoms with Crippen molar-refractivity contribution in [1.29, 1.82) is 0 Å². The summed E-state index contributed by atoms with van der Waals surface area (Å²) in [5.74, 6) is -0.0758. The summed E-state index contributed by atoms with van der Waals surface area (Å²) < 4.78 is 5.46. The predicted octanol–water partition coefficient (Wildman–Crippen LogP) is 19.0. The van der Waals surface area contributed by atoms with Crippen molar-refractivity contribution in [2.45, 2.75) is 328 Å². The minimum atomic E-state index is -0.849. The molecule has 0 saturated carbocycles. The Morgan fingerprint density at radius 2 is 0.725 bits per heavy atom. The van der Waals surface area contributed by atoms with Crippen LogP contribution in [0.1, 0.15) is 316 Å². The number of rotatable bonds is 56. The average molecular weight is 969 g/mol. The van der Waals surface area contributed by atoms with E-state index in [0.29, 0.717) is 19.4 Å². The molecular weight excluding hydrogens is 851 g/mol. The highest BCUT2D eigenvalue weighted by atomic mass is 16.5. The number of aliphatic hydroxyl groups excluding tert-OH is 2. The third kappa shape index (κ3) is 55.0. The molecule has 0 radical (unpaired) electrons. The van der Waals surface area contributed by atoms with Gasteiger partial charge in [0.15, 0.2) is 0 Å². The fourth-order valence-corrected chi connectivity index (χ4v) is 9.13. The number of amides is 1. The van der Waals surface area contributed by atoms with E-state index in [-0.39, 0.29) is 18.5 Å². The van der Waals surface area contributed by atoms with Crippen LogP contribution in [0, 0.1) is 0 Å². The zero-order valence-electron chi connectivity index (χ0n) is 46.0. The number of carbonyl (C=O) groups is 2. The summed E-state index contributed by atoms with van der Waals surface area (Å²) >= 11 is 0. The number of ether oxygens (including phenoxy) is 1. The quantitative estimate of drug-likeness (QED) is 0.0321. The molecule has 6 nitrogen and oxygen atoms in total. The molecule has 6 heteroatoms. The molecule has 0 aromatic rings. The van der Waals surface area contributed by atoms with Crippen LogP contribution in [0.3, 0.4) is 0 Å². The molecule has 3 N–H and O–H groups in total. The lowest BCUT2D eigenvalue weighted by molar-refractivity contribution is -0.143. The molecule has 2 unspecified atom stereocenters. The van der Waals surface area contributed by atoms with Gasteiger partial charge in [0.25, 0.3) is 0 Å². The molecule has 0 aliphatic heterocycles. The Balaban J connectivity index is 3.47. The summed E-state index contributed by atoms with van der Waals surface area (Å²) in [6.45, 7) is 4.87. The SMILES string of the molecule is CCCCC/C=C\CCCCCCCC(=O)OCCCCCCCCCCC/C=C\C/C=C\CCCCCCCCCCCC(=O)NC(CO)C(O)/C=C/CCCCCCCCCCCCCCC. The second-order valence-corrected chi connectivity index (χ2v) is 20.7. The molecular formula is C63H117NO5. The Labute approximate surface area is 429 Å². The molecule has 0 aromatic heterocycles. The van der Waals surface area contributed by atoms with E-state index in [2.05, 4.69) is 55.6 Å². The fourth-order valence-electron chi connectivity index (χ4n) is 9.13. The van der Waals surface area contributed by atoms with E-state index in [1.807, 2.05) is 6.08 Å². The number of unbranched alkanes of at least 4 members (excludes halogenated alkanes) is 39. The first-order chi connectivity index (χ1) is 34.0. The van der Waals surface area contributed by atoms with Gasteiger partial charge in [-0.1, -0.05) is 262 Å². The van der Waals surface area contributed by atoms with Gasteiger partial charge < -0.3 is 20.3 Å². The van der Waals surface area contributed by atoms with Crippen LogP contribution in [-0.4, -0.2) is 47.4 Å². The van der Waals surface area contributed by atoms with Gasteiger partial charge in [-0.3, -0.25) is 9.59 Å². The number of allylic oxidation sites excluding steroid dienone is 7. The van der Waals surface area contributed by atoms with Crippen molar-refractivity contribution < 1.29 is 24.5 Å². The molecule has 0 aromatic carbocycles. The normalized spacial score (nSPS) is 12.9. The Hall–Kier alpha value is -2.18. The third-order valence-corrected chi connectivity index (χ3v) is 13.8. The monoisotopic (exact) mass is 968 g/mol. The summed E-state index contributed by atoms with van der Waals surface area (Å²) in [5, 5.41) is 23.1. The van der Waals surface area contributed by atoms with Crippen LogP contribution in [0.5, 0.6) is 0 Å². The molecule has 0 saturated heterocycles. The van der Waals surface area contributed by atoms with Crippen LogP contribution >= 0.6 is 0 Å². The highest BCUT2D eigenvalue weighted by Gasteiger charge is 2.18. The lowest BCUT2D eigenvalue weighted by Gasteiger charge is -2.20. The minimum absolute atomic E-state index is 0.00202. The lowest BCUT2D eigenvalue weighted by atomic mass is 10.0. The topological polar surface area (TPSA) is 95.9 Å². The van der Waals surface area contributed by atoms with Crippen LogP contribution in [0.15, 0.2) is 48.6 Å². The number of carbonyl (C=O) groups excluding carboxylic acids is 2. The van der Waals surface area contributed by atoms with E-state index >= 15 is 0 Å². The van der Waals surface area contributed by atoms with E-state index in [0.717, 1.165) is 51.4 Å². The molecule has 0 aliphatic rings. The van der Waals surface area contributed by atoms with Crippen molar-refractivity contribution in [2.75, 3.05) is 13.2 Å². The second kappa shape index (κ2) is 58.4. The fraction of sp³-hybridized carbons (Fsp3) is 0.841. The van der Waals surface area contributed by atoms with Gasteiger partial charge in [-0.2, -0.15) is 0 Å². The van der Waals surface area contributed by atoms with Crippen molar-refractivity contribution in [2.24, 2.45) is 0 Å². The van der Waals surface area contributed by atoms with Crippen molar-refractivity contribution in [1.82, 2.24) is 5.32 Å². The van der Waals surface area contributed by atoms with Crippen LogP contribution < -0.4 is 5.32 Å².